The molecule has 0 aromatic heterocycles. The van der Waals surface area contributed by atoms with Crippen molar-refractivity contribution in [1.29, 1.82) is 0 Å². The molecule has 0 spiro atoms. The summed E-state index contributed by atoms with van der Waals surface area (Å²) in [4.78, 5) is 11.6. The first-order valence-corrected chi connectivity index (χ1v) is 5.23. The molecule has 3 nitrogen and oxygen atoms in total. The van der Waals surface area contributed by atoms with Crippen LogP contribution in [0.4, 0.5) is 0 Å². The molecule has 0 fully saturated rings. The van der Waals surface area contributed by atoms with Gasteiger partial charge in [0.2, 0.25) is 0 Å². The highest BCUT2D eigenvalue weighted by Crippen LogP contribution is 2.12. The number of methoxy groups -OCH3 is 1. The molecular weight excluding hydrogens is 204 g/mol. The van der Waals surface area contributed by atoms with Crippen LogP contribution in [0.5, 0.6) is 5.75 Å². The lowest BCUT2D eigenvalue weighted by Gasteiger charge is -1.99. The van der Waals surface area contributed by atoms with E-state index in [-0.39, 0.29) is 12.4 Å². The summed E-state index contributed by atoms with van der Waals surface area (Å²) in [6.07, 6.45) is 4.73. The first-order chi connectivity index (χ1) is 7.77. The van der Waals surface area contributed by atoms with Gasteiger partial charge in [0.1, 0.15) is 5.75 Å². The number of aliphatic hydroxyl groups is 1. The lowest BCUT2D eigenvalue weighted by Crippen LogP contribution is -1.94. The Labute approximate surface area is 95.4 Å². The molecule has 0 aliphatic heterocycles. The molecule has 0 saturated carbocycles. The SMILES string of the molecule is COc1ccc(C(=O)/C=C/CCCO)cc1. The van der Waals surface area contributed by atoms with Crippen LogP contribution >= 0.6 is 0 Å². The largest absolute Gasteiger partial charge is 0.497 e. The molecule has 0 aliphatic carbocycles. The maximum absolute atomic E-state index is 11.6. The maximum Gasteiger partial charge on any atom is 0.185 e. The second-order valence-electron chi connectivity index (χ2n) is 3.36. The number of ketones is 1. The molecule has 0 unspecified atom stereocenters. The van der Waals surface area contributed by atoms with Crippen molar-refractivity contribution in [3.8, 4) is 5.75 Å². The van der Waals surface area contributed by atoms with E-state index in [1.165, 1.54) is 6.08 Å². The summed E-state index contributed by atoms with van der Waals surface area (Å²) >= 11 is 0. The van der Waals surface area contributed by atoms with Crippen LogP contribution < -0.4 is 4.74 Å². The quantitative estimate of drug-likeness (QED) is 0.454. The predicted octanol–water partition coefficient (Wildman–Crippen LogP) is 2.21. The number of ether oxygens (including phenoxy) is 1. The molecule has 0 atom stereocenters. The van der Waals surface area contributed by atoms with Crippen LogP contribution in [-0.2, 0) is 0 Å². The van der Waals surface area contributed by atoms with Crippen molar-refractivity contribution < 1.29 is 14.6 Å². The highest BCUT2D eigenvalue weighted by molar-refractivity contribution is 6.04. The third-order valence-corrected chi connectivity index (χ3v) is 2.17. The van der Waals surface area contributed by atoms with Crippen molar-refractivity contribution in [1.82, 2.24) is 0 Å². The fourth-order valence-electron chi connectivity index (χ4n) is 1.25. The summed E-state index contributed by atoms with van der Waals surface area (Å²) < 4.78 is 5.00. The highest BCUT2D eigenvalue weighted by Gasteiger charge is 2.00. The second kappa shape index (κ2) is 6.80. The summed E-state index contributed by atoms with van der Waals surface area (Å²) in [7, 11) is 1.59. The fraction of sp³-hybridized carbons (Fsp3) is 0.308. The van der Waals surface area contributed by atoms with E-state index in [2.05, 4.69) is 0 Å². The number of rotatable bonds is 6. The van der Waals surface area contributed by atoms with E-state index in [9.17, 15) is 4.79 Å². The summed E-state index contributed by atoms with van der Waals surface area (Å²) in [5.41, 5.74) is 0.640. The van der Waals surface area contributed by atoms with Gasteiger partial charge in [-0.2, -0.15) is 0 Å². The third kappa shape index (κ3) is 3.87. The summed E-state index contributed by atoms with van der Waals surface area (Å²) in [6, 6.07) is 6.98. The minimum atomic E-state index is -0.0272. The zero-order valence-corrected chi connectivity index (χ0v) is 9.35. The Bertz CT molecular complexity index is 352. The van der Waals surface area contributed by atoms with Crippen molar-refractivity contribution in [3.05, 3.63) is 42.0 Å². The second-order valence-corrected chi connectivity index (χ2v) is 3.36. The molecular formula is C13H16O3. The standard InChI is InChI=1S/C13H16O3/c1-16-12-8-6-11(7-9-12)13(15)5-3-2-4-10-14/h3,5-9,14H,2,4,10H2,1H3/b5-3+. The van der Waals surface area contributed by atoms with Gasteiger partial charge in [0, 0.05) is 12.2 Å². The zero-order chi connectivity index (χ0) is 11.8. The first-order valence-electron chi connectivity index (χ1n) is 5.23. The van der Waals surface area contributed by atoms with E-state index in [1.807, 2.05) is 0 Å². The lowest BCUT2D eigenvalue weighted by molar-refractivity contribution is 0.104. The molecule has 0 amide bonds. The smallest absolute Gasteiger partial charge is 0.185 e. The molecule has 3 heteroatoms. The molecule has 0 radical (unpaired) electrons. The molecule has 1 aromatic carbocycles. The molecule has 16 heavy (non-hydrogen) atoms. The van der Waals surface area contributed by atoms with Crippen molar-refractivity contribution in [2.75, 3.05) is 13.7 Å². The molecule has 86 valence electrons. The number of hydrogen-bond acceptors (Lipinski definition) is 3. The van der Waals surface area contributed by atoms with Crippen LogP contribution in [0.15, 0.2) is 36.4 Å². The number of hydrogen-bond donors (Lipinski definition) is 1. The average Bonchev–Trinajstić information content (AvgIpc) is 2.34. The van der Waals surface area contributed by atoms with Gasteiger partial charge in [0.05, 0.1) is 7.11 Å². The fourth-order valence-corrected chi connectivity index (χ4v) is 1.25. The number of unbranched alkanes of at least 4 members (excludes halogenated alkanes) is 1. The molecule has 0 saturated heterocycles. The van der Waals surface area contributed by atoms with Gasteiger partial charge in [0.25, 0.3) is 0 Å². The van der Waals surface area contributed by atoms with Crippen molar-refractivity contribution in [3.63, 3.8) is 0 Å². The summed E-state index contributed by atoms with van der Waals surface area (Å²) in [6.45, 7) is 0.154. The summed E-state index contributed by atoms with van der Waals surface area (Å²) in [5.74, 6) is 0.710. The van der Waals surface area contributed by atoms with Gasteiger partial charge in [-0.05, 0) is 43.2 Å². The Balaban J connectivity index is 2.55. The van der Waals surface area contributed by atoms with Crippen molar-refractivity contribution in [2.24, 2.45) is 0 Å². The van der Waals surface area contributed by atoms with E-state index in [0.29, 0.717) is 12.0 Å². The molecule has 1 rings (SSSR count). The number of aliphatic hydroxyl groups excluding tert-OH is 1. The minimum Gasteiger partial charge on any atom is -0.497 e. The maximum atomic E-state index is 11.6. The van der Waals surface area contributed by atoms with Crippen molar-refractivity contribution >= 4 is 5.78 Å². The lowest BCUT2D eigenvalue weighted by atomic mass is 10.1. The Kier molecular flexibility index (Phi) is 5.29. The van der Waals surface area contributed by atoms with Gasteiger partial charge in [0.15, 0.2) is 5.78 Å². The number of allylic oxidation sites excluding steroid dienone is 2. The van der Waals surface area contributed by atoms with Crippen LogP contribution in [0.2, 0.25) is 0 Å². The topological polar surface area (TPSA) is 46.5 Å². The Morgan fingerprint density at radius 3 is 2.62 bits per heavy atom. The Hall–Kier alpha value is -1.61. The van der Waals surface area contributed by atoms with Crippen LogP contribution in [-0.4, -0.2) is 24.6 Å². The van der Waals surface area contributed by atoms with Gasteiger partial charge in [-0.1, -0.05) is 6.08 Å². The van der Waals surface area contributed by atoms with Gasteiger partial charge < -0.3 is 9.84 Å². The number of benzene rings is 1. The van der Waals surface area contributed by atoms with Crippen LogP contribution in [0.3, 0.4) is 0 Å². The zero-order valence-electron chi connectivity index (χ0n) is 9.35. The van der Waals surface area contributed by atoms with E-state index in [1.54, 1.807) is 37.5 Å². The molecule has 0 aliphatic rings. The van der Waals surface area contributed by atoms with Gasteiger partial charge >= 0.3 is 0 Å². The van der Waals surface area contributed by atoms with E-state index in [4.69, 9.17) is 9.84 Å². The molecule has 1 N–H and O–H groups in total. The first kappa shape index (κ1) is 12.5. The molecule has 0 bridgehead atoms. The monoisotopic (exact) mass is 220 g/mol. The average molecular weight is 220 g/mol. The van der Waals surface area contributed by atoms with Crippen LogP contribution in [0, 0.1) is 0 Å². The van der Waals surface area contributed by atoms with Gasteiger partial charge in [-0.15, -0.1) is 0 Å². The number of carbonyl (C=O) groups is 1. The van der Waals surface area contributed by atoms with E-state index >= 15 is 0 Å². The predicted molar refractivity (Wildman–Crippen MR) is 62.8 cm³/mol. The van der Waals surface area contributed by atoms with E-state index < -0.39 is 0 Å². The molecule has 1 aromatic rings. The highest BCUT2D eigenvalue weighted by atomic mass is 16.5. The minimum absolute atomic E-state index is 0.0272. The Morgan fingerprint density at radius 2 is 2.06 bits per heavy atom. The van der Waals surface area contributed by atoms with E-state index in [0.717, 1.165) is 12.2 Å². The molecule has 0 heterocycles. The van der Waals surface area contributed by atoms with Crippen molar-refractivity contribution in [2.45, 2.75) is 12.8 Å². The van der Waals surface area contributed by atoms with Gasteiger partial charge in [-0.3, -0.25) is 4.79 Å². The summed E-state index contributed by atoms with van der Waals surface area (Å²) in [5, 5.41) is 8.57. The number of carbonyl (C=O) groups excluding carboxylic acids is 1. The normalized spacial score (nSPS) is 10.6. The van der Waals surface area contributed by atoms with Crippen LogP contribution in [0.25, 0.3) is 0 Å². The third-order valence-electron chi connectivity index (χ3n) is 2.17. The Morgan fingerprint density at radius 1 is 1.38 bits per heavy atom. The van der Waals surface area contributed by atoms with Crippen LogP contribution in [0.1, 0.15) is 23.2 Å². The van der Waals surface area contributed by atoms with Gasteiger partial charge in [-0.25, -0.2) is 0 Å².